The van der Waals surface area contributed by atoms with E-state index in [1.165, 1.54) is 0 Å². The molecule has 0 bridgehead atoms. The van der Waals surface area contributed by atoms with Crippen molar-refractivity contribution in [2.24, 2.45) is 9.98 Å². The molecule has 0 heterocycles. The summed E-state index contributed by atoms with van der Waals surface area (Å²) in [4.78, 5) is 8.15. The van der Waals surface area contributed by atoms with Crippen LogP contribution in [0.25, 0.3) is 0 Å². The van der Waals surface area contributed by atoms with Crippen molar-refractivity contribution < 1.29 is 0 Å². The van der Waals surface area contributed by atoms with Gasteiger partial charge in [-0.1, -0.05) is 0 Å². The van der Waals surface area contributed by atoms with Crippen LogP contribution in [0.1, 0.15) is 20.8 Å². The number of nitrogens with zero attached hydrogens (tertiary/aromatic N) is 2. The van der Waals surface area contributed by atoms with Crippen LogP contribution in [0.15, 0.2) is 9.98 Å². The molecule has 0 aromatic rings. The molecule has 0 aromatic carbocycles. The van der Waals surface area contributed by atoms with Crippen LogP contribution in [0.4, 0.5) is 0 Å². The van der Waals surface area contributed by atoms with Gasteiger partial charge in [-0.2, -0.15) is 0 Å². The van der Waals surface area contributed by atoms with Crippen molar-refractivity contribution in [3.63, 3.8) is 0 Å². The fourth-order valence-corrected chi connectivity index (χ4v) is 0.781. The Kier molecular flexibility index (Phi) is 3.64. The molecule has 0 saturated carbocycles. The van der Waals surface area contributed by atoms with Crippen LogP contribution in [0.5, 0.6) is 0 Å². The summed E-state index contributed by atoms with van der Waals surface area (Å²) < 4.78 is 0. The van der Waals surface area contributed by atoms with Crippen LogP contribution >= 0.6 is 11.8 Å². The smallest absolute Gasteiger partial charge is 0.144 e. The van der Waals surface area contributed by atoms with Crippen molar-refractivity contribution >= 4 is 23.5 Å². The Hall–Kier alpha value is -0.310. The van der Waals surface area contributed by atoms with E-state index in [4.69, 9.17) is 0 Å². The van der Waals surface area contributed by atoms with Gasteiger partial charge in [0.05, 0.1) is 5.04 Å². The molecule has 0 radical (unpaired) electrons. The molecule has 10 heavy (non-hydrogen) atoms. The van der Waals surface area contributed by atoms with Crippen LogP contribution in [0.3, 0.4) is 0 Å². The van der Waals surface area contributed by atoms with E-state index in [2.05, 4.69) is 16.7 Å². The molecule has 0 aromatic heterocycles. The Bertz CT molecular complexity index is 150. The third-order valence-corrected chi connectivity index (χ3v) is 1.80. The van der Waals surface area contributed by atoms with Crippen molar-refractivity contribution in [3.05, 3.63) is 0 Å². The summed E-state index contributed by atoms with van der Waals surface area (Å²) in [5, 5.41) is 1.04. The summed E-state index contributed by atoms with van der Waals surface area (Å²) in [5.41, 5.74) is -0.354. The van der Waals surface area contributed by atoms with Crippen LogP contribution in [-0.2, 0) is 0 Å². The highest BCUT2D eigenvalue weighted by atomic mass is 32.2. The van der Waals surface area contributed by atoms with Gasteiger partial charge in [-0.3, -0.25) is 9.98 Å². The molecule has 0 saturated heterocycles. The Morgan fingerprint density at radius 2 is 2.00 bits per heavy atom. The van der Waals surface area contributed by atoms with Crippen molar-refractivity contribution in [2.45, 2.75) is 26.4 Å². The van der Waals surface area contributed by atoms with E-state index in [1.54, 1.807) is 11.8 Å². The second-order valence-corrected chi connectivity index (χ2v) is 3.49. The van der Waals surface area contributed by atoms with Gasteiger partial charge in [0.25, 0.3) is 0 Å². The number of rotatable bonds is 2. The topological polar surface area (TPSA) is 24.7 Å². The Balaban J connectivity index is 4.22. The zero-order chi connectivity index (χ0) is 8.20. The predicted octanol–water partition coefficient (Wildman–Crippen LogP) is 2.20. The maximum Gasteiger partial charge on any atom is 0.144 e. The molecule has 0 atom stereocenters. The predicted molar refractivity (Wildman–Crippen MR) is 50.3 cm³/mol. The molecule has 0 aliphatic rings. The van der Waals surface area contributed by atoms with E-state index in [1.807, 2.05) is 27.0 Å². The van der Waals surface area contributed by atoms with Crippen LogP contribution in [-0.4, -0.2) is 23.7 Å². The third-order valence-electron chi connectivity index (χ3n) is 1.11. The molecule has 0 spiro atoms. The Morgan fingerprint density at radius 1 is 1.50 bits per heavy atom. The summed E-state index contributed by atoms with van der Waals surface area (Å²) in [7, 11) is 0. The van der Waals surface area contributed by atoms with Crippen molar-refractivity contribution in [3.8, 4) is 0 Å². The normalized spacial score (nSPS) is 13.4. The van der Waals surface area contributed by atoms with Gasteiger partial charge in [0.15, 0.2) is 0 Å². The third kappa shape index (κ3) is 3.67. The lowest BCUT2D eigenvalue weighted by molar-refractivity contribution is 0.560. The van der Waals surface area contributed by atoms with Gasteiger partial charge in [-0.05, 0) is 33.7 Å². The quantitative estimate of drug-likeness (QED) is 0.446. The molecular weight excluding hydrogens is 144 g/mol. The second kappa shape index (κ2) is 3.76. The van der Waals surface area contributed by atoms with Gasteiger partial charge in [0, 0.05) is 0 Å². The lowest BCUT2D eigenvalue weighted by Gasteiger charge is -2.13. The number of hydrogen-bond donors (Lipinski definition) is 0. The number of aliphatic imine (C=N–C) groups is 2. The molecule has 0 fully saturated rings. The SMILES string of the molecule is C=NC(C)(C)N=C(C)SC. The highest BCUT2D eigenvalue weighted by Gasteiger charge is 2.10. The zero-order valence-electron chi connectivity index (χ0n) is 7.01. The van der Waals surface area contributed by atoms with E-state index in [-0.39, 0.29) is 5.66 Å². The lowest BCUT2D eigenvalue weighted by atomic mass is 10.3. The van der Waals surface area contributed by atoms with Gasteiger partial charge in [-0.25, -0.2) is 0 Å². The zero-order valence-corrected chi connectivity index (χ0v) is 7.83. The highest BCUT2D eigenvalue weighted by Crippen LogP contribution is 2.12. The maximum atomic E-state index is 4.30. The average Bonchev–Trinajstić information content (AvgIpc) is 1.87. The fourth-order valence-electron chi connectivity index (χ4n) is 0.466. The van der Waals surface area contributed by atoms with Gasteiger partial charge >= 0.3 is 0 Å². The molecule has 58 valence electrons. The molecule has 3 heteroatoms. The maximum absolute atomic E-state index is 4.30. The molecule has 0 rings (SSSR count). The Labute approximate surface area is 66.8 Å². The van der Waals surface area contributed by atoms with E-state index >= 15 is 0 Å². The fraction of sp³-hybridized carbons (Fsp3) is 0.714. The minimum Gasteiger partial charge on any atom is -0.272 e. The summed E-state index contributed by atoms with van der Waals surface area (Å²) in [6.07, 6.45) is 2.00. The number of thioether (sulfide) groups is 1. The molecule has 2 nitrogen and oxygen atoms in total. The summed E-state index contributed by atoms with van der Waals surface area (Å²) in [6, 6.07) is 0. The van der Waals surface area contributed by atoms with E-state index in [9.17, 15) is 0 Å². The number of hydrogen-bond acceptors (Lipinski definition) is 3. The van der Waals surface area contributed by atoms with E-state index in [0.717, 1.165) is 5.04 Å². The summed E-state index contributed by atoms with van der Waals surface area (Å²) >= 11 is 1.63. The molecule has 0 amide bonds. The van der Waals surface area contributed by atoms with Crippen LogP contribution in [0, 0.1) is 0 Å². The molecule has 0 aliphatic heterocycles. The largest absolute Gasteiger partial charge is 0.272 e. The first kappa shape index (κ1) is 9.69. The second-order valence-electron chi connectivity index (χ2n) is 2.49. The molecular formula is C7H14N2S. The standard InChI is InChI=1S/C7H14N2S/c1-6(10-5)9-7(2,3)8-4/h4H2,1-3,5H3. The van der Waals surface area contributed by atoms with Crippen LogP contribution in [0.2, 0.25) is 0 Å². The monoisotopic (exact) mass is 158 g/mol. The molecule has 0 N–H and O–H groups in total. The van der Waals surface area contributed by atoms with E-state index < -0.39 is 0 Å². The highest BCUT2D eigenvalue weighted by molar-refractivity contribution is 8.13. The molecule has 0 unspecified atom stereocenters. The van der Waals surface area contributed by atoms with Gasteiger partial charge in [0.2, 0.25) is 0 Å². The van der Waals surface area contributed by atoms with E-state index in [0.29, 0.717) is 0 Å². The lowest BCUT2D eigenvalue weighted by Crippen LogP contribution is -2.13. The minimum absolute atomic E-state index is 0.354. The van der Waals surface area contributed by atoms with Gasteiger partial charge in [0.1, 0.15) is 5.66 Å². The first-order valence-corrected chi connectivity index (χ1v) is 4.32. The van der Waals surface area contributed by atoms with Crippen molar-refractivity contribution in [1.29, 1.82) is 0 Å². The van der Waals surface area contributed by atoms with Gasteiger partial charge < -0.3 is 0 Å². The Morgan fingerprint density at radius 3 is 2.30 bits per heavy atom. The van der Waals surface area contributed by atoms with Crippen LogP contribution < -0.4 is 0 Å². The van der Waals surface area contributed by atoms with Crippen molar-refractivity contribution in [2.75, 3.05) is 6.26 Å². The summed E-state index contributed by atoms with van der Waals surface area (Å²) in [5.74, 6) is 0. The minimum atomic E-state index is -0.354. The first-order chi connectivity index (χ1) is 4.52. The summed E-state index contributed by atoms with van der Waals surface area (Å²) in [6.45, 7) is 9.28. The van der Waals surface area contributed by atoms with Crippen molar-refractivity contribution in [1.82, 2.24) is 0 Å². The molecule has 0 aliphatic carbocycles. The van der Waals surface area contributed by atoms with Gasteiger partial charge in [-0.15, -0.1) is 11.8 Å². The average molecular weight is 158 g/mol. The first-order valence-electron chi connectivity index (χ1n) is 3.10.